The van der Waals surface area contributed by atoms with Crippen LogP contribution in [0.4, 0.5) is 0 Å². The van der Waals surface area contributed by atoms with Gasteiger partial charge < -0.3 is 11.1 Å². The predicted molar refractivity (Wildman–Crippen MR) is 62.6 cm³/mol. The molecule has 0 saturated carbocycles. The molecule has 0 aliphatic rings. The highest BCUT2D eigenvalue weighted by Crippen LogP contribution is 2.19. The maximum Gasteiger partial charge on any atom is 0.261 e. The first kappa shape index (κ1) is 11.7. The van der Waals surface area contributed by atoms with Gasteiger partial charge in [-0.1, -0.05) is 0 Å². The summed E-state index contributed by atoms with van der Waals surface area (Å²) in [7, 11) is 0. The molecule has 0 spiro atoms. The number of carbonyl (C=O) groups excluding carboxylic acids is 1. The maximum atomic E-state index is 11.5. The lowest BCUT2D eigenvalue weighted by Crippen LogP contribution is -2.28. The molecule has 5 heteroatoms. The summed E-state index contributed by atoms with van der Waals surface area (Å²) in [6.07, 6.45) is 0.804. The molecule has 1 unspecified atom stereocenters. The second-order valence-electron chi connectivity index (χ2n) is 3.15. The molecule has 0 saturated heterocycles. The van der Waals surface area contributed by atoms with Crippen molar-refractivity contribution in [3.63, 3.8) is 0 Å². The van der Waals surface area contributed by atoms with Crippen LogP contribution in [0.1, 0.15) is 23.0 Å². The van der Waals surface area contributed by atoms with E-state index in [0.717, 1.165) is 15.8 Å². The first-order chi connectivity index (χ1) is 6.59. The van der Waals surface area contributed by atoms with Crippen molar-refractivity contribution in [2.24, 2.45) is 5.73 Å². The molecular formula is C9H13BrN2OS. The normalized spacial score (nSPS) is 12.5. The van der Waals surface area contributed by atoms with E-state index in [-0.39, 0.29) is 11.9 Å². The highest BCUT2D eigenvalue weighted by Gasteiger charge is 2.07. The second-order valence-corrected chi connectivity index (χ2v) is 4.98. The summed E-state index contributed by atoms with van der Waals surface area (Å²) in [6, 6.07) is 1.94. The number of carbonyl (C=O) groups is 1. The Kier molecular flexibility index (Phi) is 4.57. The molecule has 78 valence electrons. The van der Waals surface area contributed by atoms with Crippen LogP contribution in [0.15, 0.2) is 15.9 Å². The Balaban J connectivity index is 2.36. The smallest absolute Gasteiger partial charge is 0.261 e. The first-order valence-electron chi connectivity index (χ1n) is 4.37. The van der Waals surface area contributed by atoms with Gasteiger partial charge in [-0.05, 0) is 35.3 Å². The van der Waals surface area contributed by atoms with Crippen LogP contribution in [0, 0.1) is 0 Å². The molecule has 0 aliphatic carbocycles. The summed E-state index contributed by atoms with van der Waals surface area (Å²) in [6.45, 7) is 2.56. The number of amides is 1. The number of nitrogens with one attached hydrogen (secondary N) is 1. The van der Waals surface area contributed by atoms with Crippen LogP contribution >= 0.6 is 27.3 Å². The third kappa shape index (κ3) is 3.77. The Morgan fingerprint density at radius 1 is 1.79 bits per heavy atom. The third-order valence-electron chi connectivity index (χ3n) is 1.68. The minimum absolute atomic E-state index is 0.0265. The molecule has 3 nitrogen and oxygen atoms in total. The Bertz CT molecular complexity index is 312. The van der Waals surface area contributed by atoms with Crippen molar-refractivity contribution in [1.82, 2.24) is 5.32 Å². The highest BCUT2D eigenvalue weighted by molar-refractivity contribution is 9.10. The van der Waals surface area contributed by atoms with Gasteiger partial charge in [0.15, 0.2) is 0 Å². The van der Waals surface area contributed by atoms with Crippen LogP contribution in [0.2, 0.25) is 0 Å². The lowest BCUT2D eigenvalue weighted by atomic mass is 10.2. The molecule has 1 aromatic rings. The number of nitrogens with two attached hydrogens (primary N) is 1. The predicted octanol–water partition coefficient (Wildman–Crippen LogP) is 1.98. The van der Waals surface area contributed by atoms with Crippen molar-refractivity contribution in [3.8, 4) is 0 Å². The standard InChI is InChI=1S/C9H13BrN2OS/c1-6(11)2-3-12-9(13)8-4-7(10)5-14-8/h4-6H,2-3,11H2,1H3,(H,12,13). The summed E-state index contributed by atoms with van der Waals surface area (Å²) in [5.74, 6) is -0.0265. The summed E-state index contributed by atoms with van der Waals surface area (Å²) >= 11 is 4.73. The Hall–Kier alpha value is -0.390. The molecule has 1 rings (SSSR count). The van der Waals surface area contributed by atoms with E-state index in [0.29, 0.717) is 6.54 Å². The van der Waals surface area contributed by atoms with Crippen molar-refractivity contribution in [2.75, 3.05) is 6.54 Å². The number of thiophene rings is 1. The highest BCUT2D eigenvalue weighted by atomic mass is 79.9. The average Bonchev–Trinajstić information content (AvgIpc) is 2.51. The van der Waals surface area contributed by atoms with Gasteiger partial charge in [-0.15, -0.1) is 11.3 Å². The maximum absolute atomic E-state index is 11.5. The van der Waals surface area contributed by atoms with Gasteiger partial charge in [0.2, 0.25) is 0 Å². The van der Waals surface area contributed by atoms with Crippen LogP contribution < -0.4 is 11.1 Å². The molecule has 0 bridgehead atoms. The topological polar surface area (TPSA) is 55.1 Å². The van der Waals surface area contributed by atoms with Crippen molar-refractivity contribution >= 4 is 33.2 Å². The number of halogens is 1. The molecule has 1 atom stereocenters. The van der Waals surface area contributed by atoms with E-state index >= 15 is 0 Å². The number of hydrogen-bond donors (Lipinski definition) is 2. The van der Waals surface area contributed by atoms with Crippen LogP contribution in [0.5, 0.6) is 0 Å². The molecule has 0 aromatic carbocycles. The van der Waals surface area contributed by atoms with Crippen LogP contribution in [0.25, 0.3) is 0 Å². The van der Waals surface area contributed by atoms with E-state index in [4.69, 9.17) is 5.73 Å². The fourth-order valence-electron chi connectivity index (χ4n) is 0.933. The summed E-state index contributed by atoms with van der Waals surface area (Å²) in [5.41, 5.74) is 5.57. The summed E-state index contributed by atoms with van der Waals surface area (Å²) in [4.78, 5) is 12.2. The van der Waals surface area contributed by atoms with Gasteiger partial charge in [0.25, 0.3) is 5.91 Å². The average molecular weight is 277 g/mol. The third-order valence-corrected chi connectivity index (χ3v) is 3.37. The van der Waals surface area contributed by atoms with Gasteiger partial charge in [-0.2, -0.15) is 0 Å². The largest absolute Gasteiger partial charge is 0.351 e. The molecule has 0 aliphatic heterocycles. The van der Waals surface area contributed by atoms with Crippen LogP contribution in [-0.4, -0.2) is 18.5 Å². The van der Waals surface area contributed by atoms with E-state index in [1.165, 1.54) is 11.3 Å². The fourth-order valence-corrected chi connectivity index (χ4v) is 2.28. The minimum atomic E-state index is -0.0265. The Labute approximate surface area is 95.8 Å². The van der Waals surface area contributed by atoms with E-state index in [9.17, 15) is 4.79 Å². The molecule has 14 heavy (non-hydrogen) atoms. The van der Waals surface area contributed by atoms with Crippen molar-refractivity contribution in [3.05, 3.63) is 20.8 Å². The van der Waals surface area contributed by atoms with Crippen molar-refractivity contribution < 1.29 is 4.79 Å². The van der Waals surface area contributed by atoms with Crippen LogP contribution in [0.3, 0.4) is 0 Å². The fraction of sp³-hybridized carbons (Fsp3) is 0.444. The molecule has 1 heterocycles. The van der Waals surface area contributed by atoms with Crippen molar-refractivity contribution in [2.45, 2.75) is 19.4 Å². The van der Waals surface area contributed by atoms with Gasteiger partial charge >= 0.3 is 0 Å². The van der Waals surface area contributed by atoms with Gasteiger partial charge in [0.1, 0.15) is 0 Å². The minimum Gasteiger partial charge on any atom is -0.351 e. The Morgan fingerprint density at radius 2 is 2.50 bits per heavy atom. The number of hydrogen-bond acceptors (Lipinski definition) is 3. The SMILES string of the molecule is CC(N)CCNC(=O)c1cc(Br)cs1. The molecule has 1 aromatic heterocycles. The molecule has 0 fully saturated rings. The van der Waals surface area contributed by atoms with Gasteiger partial charge in [-0.3, -0.25) is 4.79 Å². The quantitative estimate of drug-likeness (QED) is 0.884. The van der Waals surface area contributed by atoms with Gasteiger partial charge in [0, 0.05) is 22.4 Å². The lowest BCUT2D eigenvalue weighted by Gasteiger charge is -2.05. The van der Waals surface area contributed by atoms with Crippen molar-refractivity contribution in [1.29, 1.82) is 0 Å². The van der Waals surface area contributed by atoms with E-state index in [1.54, 1.807) is 0 Å². The number of rotatable bonds is 4. The summed E-state index contributed by atoms with van der Waals surface area (Å²) in [5, 5.41) is 4.70. The van der Waals surface area contributed by atoms with E-state index < -0.39 is 0 Å². The lowest BCUT2D eigenvalue weighted by molar-refractivity contribution is 0.0957. The zero-order valence-corrected chi connectivity index (χ0v) is 10.3. The van der Waals surface area contributed by atoms with Gasteiger partial charge in [0.05, 0.1) is 4.88 Å². The molecule has 3 N–H and O–H groups in total. The summed E-state index contributed by atoms with van der Waals surface area (Å²) < 4.78 is 0.944. The molecular weight excluding hydrogens is 264 g/mol. The van der Waals surface area contributed by atoms with E-state index in [2.05, 4.69) is 21.2 Å². The van der Waals surface area contributed by atoms with E-state index in [1.807, 2.05) is 18.4 Å². The molecule has 0 radical (unpaired) electrons. The monoisotopic (exact) mass is 276 g/mol. The Morgan fingerprint density at radius 3 is 3.00 bits per heavy atom. The van der Waals surface area contributed by atoms with Gasteiger partial charge in [-0.25, -0.2) is 0 Å². The molecule has 1 amide bonds. The second kappa shape index (κ2) is 5.48. The zero-order valence-electron chi connectivity index (χ0n) is 7.92. The zero-order chi connectivity index (χ0) is 10.6. The van der Waals surface area contributed by atoms with Crippen LogP contribution in [-0.2, 0) is 0 Å². The first-order valence-corrected chi connectivity index (χ1v) is 6.04.